The van der Waals surface area contributed by atoms with Crippen molar-refractivity contribution < 1.29 is 29.0 Å². The topological polar surface area (TPSA) is 106 Å². The van der Waals surface area contributed by atoms with Crippen molar-refractivity contribution in [1.82, 2.24) is 4.98 Å². The first-order valence-corrected chi connectivity index (χ1v) is 12.9. The van der Waals surface area contributed by atoms with Crippen molar-refractivity contribution in [3.05, 3.63) is 95.3 Å². The lowest BCUT2D eigenvalue weighted by Crippen LogP contribution is -2.29. The molecular formula is C31H32N2O6. The fourth-order valence-corrected chi connectivity index (χ4v) is 4.35. The number of Topliss-reactive ketones (excluding diaryl/α,β-unsaturated/α-hetero) is 1. The van der Waals surface area contributed by atoms with Crippen LogP contribution >= 0.6 is 0 Å². The molecule has 1 N–H and O–H groups in total. The molecule has 202 valence electrons. The van der Waals surface area contributed by atoms with Crippen molar-refractivity contribution in [2.24, 2.45) is 5.92 Å². The van der Waals surface area contributed by atoms with E-state index in [1.54, 1.807) is 86.9 Å². The number of hydrogen-bond acceptors (Lipinski definition) is 7. The van der Waals surface area contributed by atoms with Crippen LogP contribution in [0.2, 0.25) is 0 Å². The molecule has 39 heavy (non-hydrogen) atoms. The van der Waals surface area contributed by atoms with Crippen LogP contribution in [0.1, 0.15) is 50.4 Å². The SMILES string of the molecule is CC(C)COc1cccc(/C(O)=C2/C(=O)C(=O)N(c3ccc(CC(=O)OC(C)C)cc3)C2c2cccnc2)c1. The summed E-state index contributed by atoms with van der Waals surface area (Å²) in [4.78, 5) is 44.3. The van der Waals surface area contributed by atoms with Gasteiger partial charge in [0, 0.05) is 23.6 Å². The average Bonchev–Trinajstić information content (AvgIpc) is 3.18. The van der Waals surface area contributed by atoms with Crippen LogP contribution in [-0.2, 0) is 25.5 Å². The van der Waals surface area contributed by atoms with Crippen LogP contribution in [0.4, 0.5) is 5.69 Å². The Balaban J connectivity index is 1.74. The number of carbonyl (C=O) groups excluding carboxylic acids is 3. The first-order valence-electron chi connectivity index (χ1n) is 12.9. The highest BCUT2D eigenvalue weighted by Crippen LogP contribution is 2.42. The van der Waals surface area contributed by atoms with Gasteiger partial charge >= 0.3 is 5.97 Å². The molecule has 0 spiro atoms. The van der Waals surface area contributed by atoms with Crippen molar-refractivity contribution in [2.45, 2.75) is 46.3 Å². The van der Waals surface area contributed by atoms with Crippen molar-refractivity contribution in [3.8, 4) is 5.75 Å². The van der Waals surface area contributed by atoms with E-state index < -0.39 is 17.7 Å². The van der Waals surface area contributed by atoms with Gasteiger partial charge in [0.1, 0.15) is 11.5 Å². The molecule has 8 nitrogen and oxygen atoms in total. The molecule has 1 saturated heterocycles. The Kier molecular flexibility index (Phi) is 8.44. The Labute approximate surface area is 227 Å². The van der Waals surface area contributed by atoms with Gasteiger partial charge in [0.05, 0.1) is 30.7 Å². The second-order valence-corrected chi connectivity index (χ2v) is 10.1. The van der Waals surface area contributed by atoms with Crippen LogP contribution in [-0.4, -0.2) is 40.5 Å². The number of ketones is 1. The van der Waals surface area contributed by atoms with Crippen LogP contribution in [0.15, 0.2) is 78.6 Å². The van der Waals surface area contributed by atoms with E-state index in [1.165, 1.54) is 4.90 Å². The molecule has 8 heteroatoms. The number of carbonyl (C=O) groups is 3. The number of benzene rings is 2. The van der Waals surface area contributed by atoms with E-state index in [9.17, 15) is 19.5 Å². The van der Waals surface area contributed by atoms with Gasteiger partial charge in [-0.05, 0) is 61.2 Å². The number of aliphatic hydroxyl groups is 1. The summed E-state index contributed by atoms with van der Waals surface area (Å²) in [6.45, 7) is 8.12. The molecule has 1 aliphatic rings. The third kappa shape index (κ3) is 6.34. The first-order chi connectivity index (χ1) is 18.7. The zero-order chi connectivity index (χ0) is 28.1. The minimum atomic E-state index is -0.907. The quantitative estimate of drug-likeness (QED) is 0.175. The van der Waals surface area contributed by atoms with E-state index in [4.69, 9.17) is 9.47 Å². The minimum absolute atomic E-state index is 0.0430. The molecule has 0 radical (unpaired) electrons. The van der Waals surface area contributed by atoms with Gasteiger partial charge in [-0.2, -0.15) is 0 Å². The molecule has 1 fully saturated rings. The van der Waals surface area contributed by atoms with E-state index in [1.807, 2.05) is 13.8 Å². The van der Waals surface area contributed by atoms with E-state index >= 15 is 0 Å². The standard InChI is InChI=1S/C31H32N2O6/c1-19(2)18-38-25-9-5-7-22(16-25)29(35)27-28(23-8-6-14-32-17-23)33(31(37)30(27)36)24-12-10-21(11-13-24)15-26(34)39-20(3)4/h5-14,16-17,19-20,28,35H,15,18H2,1-4H3/b29-27-. The number of esters is 1. The molecular weight excluding hydrogens is 496 g/mol. The van der Waals surface area contributed by atoms with E-state index in [0.717, 1.165) is 0 Å². The highest BCUT2D eigenvalue weighted by molar-refractivity contribution is 6.51. The lowest BCUT2D eigenvalue weighted by Gasteiger charge is -2.25. The number of nitrogens with zero attached hydrogens (tertiary/aromatic N) is 2. The van der Waals surface area contributed by atoms with E-state index in [-0.39, 0.29) is 29.8 Å². The molecule has 0 aliphatic carbocycles. The Hall–Kier alpha value is -4.46. The van der Waals surface area contributed by atoms with Gasteiger partial charge in [-0.1, -0.05) is 44.2 Å². The molecule has 0 bridgehead atoms. The predicted octanol–water partition coefficient (Wildman–Crippen LogP) is 5.24. The molecule has 2 aromatic carbocycles. The molecule has 1 aliphatic heterocycles. The maximum absolute atomic E-state index is 13.4. The summed E-state index contributed by atoms with van der Waals surface area (Å²) in [7, 11) is 0. The summed E-state index contributed by atoms with van der Waals surface area (Å²) >= 11 is 0. The maximum atomic E-state index is 13.4. The van der Waals surface area contributed by atoms with Crippen LogP contribution in [0, 0.1) is 5.92 Å². The monoisotopic (exact) mass is 528 g/mol. The first kappa shape index (κ1) is 27.6. The Morgan fingerprint density at radius 2 is 1.77 bits per heavy atom. The van der Waals surface area contributed by atoms with Crippen LogP contribution in [0.5, 0.6) is 5.75 Å². The Morgan fingerprint density at radius 1 is 1.03 bits per heavy atom. The number of ether oxygens (including phenoxy) is 2. The summed E-state index contributed by atoms with van der Waals surface area (Å²) in [6, 6.07) is 16.1. The Morgan fingerprint density at radius 3 is 2.41 bits per heavy atom. The largest absolute Gasteiger partial charge is 0.507 e. The smallest absolute Gasteiger partial charge is 0.310 e. The van der Waals surface area contributed by atoms with Crippen molar-refractivity contribution in [1.29, 1.82) is 0 Å². The lowest BCUT2D eigenvalue weighted by atomic mass is 9.96. The van der Waals surface area contributed by atoms with Gasteiger partial charge in [0.2, 0.25) is 0 Å². The van der Waals surface area contributed by atoms with Gasteiger partial charge < -0.3 is 14.6 Å². The molecule has 1 amide bonds. The summed E-state index contributed by atoms with van der Waals surface area (Å²) in [5.41, 5.74) is 2.04. The highest BCUT2D eigenvalue weighted by Gasteiger charge is 2.47. The molecule has 2 heterocycles. The zero-order valence-electron chi connectivity index (χ0n) is 22.5. The number of pyridine rings is 1. The lowest BCUT2D eigenvalue weighted by molar-refractivity contribution is -0.146. The molecule has 3 aromatic rings. The summed E-state index contributed by atoms with van der Waals surface area (Å²) < 4.78 is 11.0. The summed E-state index contributed by atoms with van der Waals surface area (Å²) in [6.07, 6.45) is 3.02. The third-order valence-electron chi connectivity index (χ3n) is 6.07. The number of hydrogen-bond donors (Lipinski definition) is 1. The summed E-state index contributed by atoms with van der Waals surface area (Å²) in [5, 5.41) is 11.4. The summed E-state index contributed by atoms with van der Waals surface area (Å²) in [5.74, 6) is -1.37. The molecule has 0 saturated carbocycles. The number of aliphatic hydroxyl groups excluding tert-OH is 1. The number of anilines is 1. The highest BCUT2D eigenvalue weighted by atomic mass is 16.5. The fraction of sp³-hybridized carbons (Fsp3) is 0.290. The Bertz CT molecular complexity index is 1380. The molecule has 1 unspecified atom stereocenters. The van der Waals surface area contributed by atoms with Crippen molar-refractivity contribution in [2.75, 3.05) is 11.5 Å². The zero-order valence-corrected chi connectivity index (χ0v) is 22.5. The second-order valence-electron chi connectivity index (χ2n) is 10.1. The van der Waals surface area contributed by atoms with Gasteiger partial charge in [-0.3, -0.25) is 24.3 Å². The minimum Gasteiger partial charge on any atom is -0.507 e. The van der Waals surface area contributed by atoms with Crippen molar-refractivity contribution in [3.63, 3.8) is 0 Å². The molecule has 4 rings (SSSR count). The van der Waals surface area contributed by atoms with Crippen LogP contribution in [0.3, 0.4) is 0 Å². The van der Waals surface area contributed by atoms with Crippen LogP contribution in [0.25, 0.3) is 5.76 Å². The van der Waals surface area contributed by atoms with Gasteiger partial charge in [0.15, 0.2) is 0 Å². The number of amides is 1. The third-order valence-corrected chi connectivity index (χ3v) is 6.07. The molecule has 1 aromatic heterocycles. The van der Waals surface area contributed by atoms with Gasteiger partial charge in [-0.25, -0.2) is 0 Å². The predicted molar refractivity (Wildman–Crippen MR) is 147 cm³/mol. The molecule has 1 atom stereocenters. The van der Waals surface area contributed by atoms with Gasteiger partial charge in [-0.15, -0.1) is 0 Å². The second kappa shape index (κ2) is 11.9. The van der Waals surface area contributed by atoms with E-state index in [0.29, 0.717) is 40.7 Å². The normalized spacial score (nSPS) is 16.7. The number of aromatic nitrogens is 1. The van der Waals surface area contributed by atoms with Crippen LogP contribution < -0.4 is 9.64 Å². The van der Waals surface area contributed by atoms with Crippen molar-refractivity contribution >= 4 is 29.1 Å². The number of rotatable bonds is 9. The fourth-order valence-electron chi connectivity index (χ4n) is 4.35. The van der Waals surface area contributed by atoms with E-state index in [2.05, 4.69) is 4.98 Å². The van der Waals surface area contributed by atoms with Gasteiger partial charge in [0.25, 0.3) is 11.7 Å². The maximum Gasteiger partial charge on any atom is 0.310 e. The average molecular weight is 529 g/mol.